The summed E-state index contributed by atoms with van der Waals surface area (Å²) < 4.78 is 47.9. The van der Waals surface area contributed by atoms with Crippen LogP contribution in [0.2, 0.25) is 0 Å². The summed E-state index contributed by atoms with van der Waals surface area (Å²) in [6, 6.07) is 9.31. The van der Waals surface area contributed by atoms with Gasteiger partial charge in [0.1, 0.15) is 40.7 Å². The number of carbonyl (C=O) groups excluding carboxylic acids is 1. The van der Waals surface area contributed by atoms with E-state index in [0.717, 1.165) is 40.6 Å². The third kappa shape index (κ3) is 6.12. The first-order valence-corrected chi connectivity index (χ1v) is 14.0. The molecule has 41 heavy (non-hydrogen) atoms. The third-order valence-corrected chi connectivity index (χ3v) is 8.74. The van der Waals surface area contributed by atoms with E-state index in [-0.39, 0.29) is 23.6 Å². The van der Waals surface area contributed by atoms with Crippen LogP contribution in [0.25, 0.3) is 11.3 Å². The van der Waals surface area contributed by atoms with Crippen molar-refractivity contribution in [1.82, 2.24) is 19.9 Å². The van der Waals surface area contributed by atoms with Crippen molar-refractivity contribution >= 4 is 17.7 Å². The van der Waals surface area contributed by atoms with Crippen LogP contribution in [-0.4, -0.2) is 101 Å². The molecule has 220 valence electrons. The molecule has 5 rings (SSSR count). The molecule has 3 heterocycles. The number of likely N-dealkylation sites (tertiary alicyclic amines) is 1. The van der Waals surface area contributed by atoms with Gasteiger partial charge in [0.2, 0.25) is 5.91 Å². The molecular formula is C27H29F3N4O6S. The first kappa shape index (κ1) is 29.5. The van der Waals surface area contributed by atoms with Crippen LogP contribution in [0, 0.1) is 17.5 Å². The summed E-state index contributed by atoms with van der Waals surface area (Å²) in [7, 11) is 0. The summed E-state index contributed by atoms with van der Waals surface area (Å²) in [5, 5.41) is 50.0. The van der Waals surface area contributed by atoms with Gasteiger partial charge in [0, 0.05) is 18.7 Å². The molecule has 0 bridgehead atoms. The second kappa shape index (κ2) is 12.5. The molecule has 2 fully saturated rings. The molecule has 2 unspecified atom stereocenters. The molecule has 14 heteroatoms. The third-order valence-electron chi connectivity index (χ3n) is 7.27. The Bertz CT molecular complexity index is 1340. The average molecular weight is 595 g/mol. The van der Waals surface area contributed by atoms with E-state index in [1.807, 2.05) is 30.3 Å². The Kier molecular flexibility index (Phi) is 8.97. The molecule has 1 amide bonds. The van der Waals surface area contributed by atoms with Gasteiger partial charge in [0.25, 0.3) is 0 Å². The van der Waals surface area contributed by atoms with Crippen LogP contribution in [0.15, 0.2) is 48.7 Å². The fraction of sp³-hybridized carbons (Fsp3) is 0.444. The number of hydrogen-bond donors (Lipinski definition) is 4. The highest BCUT2D eigenvalue weighted by Gasteiger charge is 2.48. The van der Waals surface area contributed by atoms with Crippen LogP contribution in [0.1, 0.15) is 18.0 Å². The lowest BCUT2D eigenvalue weighted by atomic mass is 9.97. The topological polar surface area (TPSA) is 141 Å². The van der Waals surface area contributed by atoms with Crippen LogP contribution in [0.3, 0.4) is 0 Å². The van der Waals surface area contributed by atoms with Gasteiger partial charge in [-0.05, 0) is 30.5 Å². The highest BCUT2D eigenvalue weighted by Crippen LogP contribution is 2.39. The van der Waals surface area contributed by atoms with Crippen molar-refractivity contribution in [2.24, 2.45) is 0 Å². The Morgan fingerprint density at radius 1 is 1.10 bits per heavy atom. The maximum Gasteiger partial charge on any atom is 0.238 e. The van der Waals surface area contributed by atoms with Gasteiger partial charge in [-0.2, -0.15) is 0 Å². The number of nitrogens with zero attached hydrogens (tertiary/aromatic N) is 4. The van der Waals surface area contributed by atoms with Crippen molar-refractivity contribution in [2.75, 3.05) is 19.7 Å². The van der Waals surface area contributed by atoms with Crippen LogP contribution < -0.4 is 0 Å². The molecule has 0 radical (unpaired) electrons. The second-order valence-corrected chi connectivity index (χ2v) is 11.3. The quantitative estimate of drug-likeness (QED) is 0.270. The minimum Gasteiger partial charge on any atom is -0.394 e. The predicted molar refractivity (Wildman–Crippen MR) is 141 cm³/mol. The van der Waals surface area contributed by atoms with Gasteiger partial charge in [-0.15, -0.1) is 16.9 Å². The number of aliphatic hydroxyl groups is 4. The SMILES string of the molecule is O=C(C(S[C@@H]1O[C@H](CO)[C@H](O)[C@H](n2cc(-c3cc(F)c(F)c(F)c3)nn2)[C@H]1O)C(O)Cc1ccccc1)N1CCC1. The Morgan fingerprint density at radius 2 is 1.78 bits per heavy atom. The summed E-state index contributed by atoms with van der Waals surface area (Å²) in [4.78, 5) is 14.9. The highest BCUT2D eigenvalue weighted by molar-refractivity contribution is 8.01. The van der Waals surface area contributed by atoms with E-state index in [1.165, 1.54) is 6.20 Å². The van der Waals surface area contributed by atoms with Gasteiger partial charge < -0.3 is 30.1 Å². The number of ether oxygens (including phenoxy) is 1. The van der Waals surface area contributed by atoms with Crippen molar-refractivity contribution in [3.63, 3.8) is 0 Å². The van der Waals surface area contributed by atoms with Gasteiger partial charge in [0.15, 0.2) is 17.5 Å². The number of hydrogen-bond acceptors (Lipinski definition) is 9. The highest BCUT2D eigenvalue weighted by atomic mass is 32.2. The standard InChI is InChI=1S/C27H29F3N4O6S/c28-16-10-15(11-17(29)21(16)30)18-12-34(32-31-18)22-23(37)20(13-35)40-27(24(22)38)41-25(26(39)33-7-4-8-33)19(36)9-14-5-2-1-3-6-14/h1-3,5-6,10-12,19-20,22-25,27,35-38H,4,7-9,13H2/t19?,20-,22+,23+,24-,25?,27+/m1/s1. The van der Waals surface area contributed by atoms with E-state index < -0.39 is 65.2 Å². The normalized spacial score (nSPS) is 25.9. The molecule has 10 nitrogen and oxygen atoms in total. The van der Waals surface area contributed by atoms with Gasteiger partial charge in [-0.25, -0.2) is 17.9 Å². The fourth-order valence-corrected chi connectivity index (χ4v) is 6.25. The molecule has 7 atom stereocenters. The molecule has 2 aliphatic heterocycles. The summed E-state index contributed by atoms with van der Waals surface area (Å²) in [5.74, 6) is -4.82. The number of amides is 1. The maximum absolute atomic E-state index is 13.8. The number of rotatable bonds is 9. The molecule has 4 N–H and O–H groups in total. The molecule has 0 aliphatic carbocycles. The maximum atomic E-state index is 13.8. The van der Waals surface area contributed by atoms with Crippen molar-refractivity contribution in [3.05, 3.63) is 71.7 Å². The Hall–Kier alpha value is -3.01. The van der Waals surface area contributed by atoms with E-state index in [9.17, 15) is 38.4 Å². The monoisotopic (exact) mass is 594 g/mol. The smallest absolute Gasteiger partial charge is 0.238 e. The number of halogens is 3. The number of thioether (sulfide) groups is 1. The van der Waals surface area contributed by atoms with E-state index >= 15 is 0 Å². The molecule has 2 aliphatic rings. The minimum absolute atomic E-state index is 0.0671. The number of carbonyl (C=O) groups is 1. The van der Waals surface area contributed by atoms with E-state index in [4.69, 9.17) is 4.74 Å². The Balaban J connectivity index is 1.41. The minimum atomic E-state index is -1.64. The molecule has 2 aromatic carbocycles. The molecular weight excluding hydrogens is 565 g/mol. The lowest BCUT2D eigenvalue weighted by Crippen LogP contribution is -2.57. The summed E-state index contributed by atoms with van der Waals surface area (Å²) in [5.41, 5.74) is -0.591. The fourth-order valence-electron chi connectivity index (χ4n) is 4.89. The van der Waals surface area contributed by atoms with Crippen molar-refractivity contribution < 1.29 is 43.1 Å². The molecule has 3 aromatic rings. The predicted octanol–water partition coefficient (Wildman–Crippen LogP) is 1.28. The zero-order valence-corrected chi connectivity index (χ0v) is 22.4. The lowest BCUT2D eigenvalue weighted by molar-refractivity contribution is -0.178. The van der Waals surface area contributed by atoms with E-state index in [1.54, 1.807) is 4.90 Å². The number of benzene rings is 2. The average Bonchev–Trinajstić information content (AvgIpc) is 3.40. The molecule has 2 saturated heterocycles. The van der Waals surface area contributed by atoms with Crippen LogP contribution in [0.4, 0.5) is 13.2 Å². The number of aliphatic hydroxyl groups excluding tert-OH is 4. The lowest BCUT2D eigenvalue weighted by Gasteiger charge is -2.43. The summed E-state index contributed by atoms with van der Waals surface area (Å²) in [6.07, 6.45) is -3.18. The molecule has 0 saturated carbocycles. The largest absolute Gasteiger partial charge is 0.394 e. The van der Waals surface area contributed by atoms with Crippen LogP contribution in [-0.2, 0) is 16.0 Å². The van der Waals surface area contributed by atoms with Crippen molar-refractivity contribution in [3.8, 4) is 11.3 Å². The van der Waals surface area contributed by atoms with Crippen molar-refractivity contribution in [1.29, 1.82) is 0 Å². The van der Waals surface area contributed by atoms with Crippen molar-refractivity contribution in [2.45, 2.75) is 54.0 Å². The second-order valence-electron chi connectivity index (χ2n) is 10.0. The first-order valence-electron chi connectivity index (χ1n) is 13.0. The molecule has 1 aromatic heterocycles. The van der Waals surface area contributed by atoms with Crippen LogP contribution in [0.5, 0.6) is 0 Å². The van der Waals surface area contributed by atoms with E-state index in [2.05, 4.69) is 10.3 Å². The van der Waals surface area contributed by atoms with E-state index in [0.29, 0.717) is 13.1 Å². The summed E-state index contributed by atoms with van der Waals surface area (Å²) in [6.45, 7) is 0.429. The summed E-state index contributed by atoms with van der Waals surface area (Å²) >= 11 is 0.877. The van der Waals surface area contributed by atoms with Gasteiger partial charge in [0.05, 0.1) is 18.9 Å². The molecule has 0 spiro atoms. The number of aromatic nitrogens is 3. The zero-order chi connectivity index (χ0) is 29.3. The zero-order valence-electron chi connectivity index (χ0n) is 21.6. The van der Waals surface area contributed by atoms with Crippen LogP contribution >= 0.6 is 11.8 Å². The Morgan fingerprint density at radius 3 is 2.39 bits per heavy atom. The van der Waals surface area contributed by atoms with Gasteiger partial charge in [-0.1, -0.05) is 35.5 Å². The first-order chi connectivity index (χ1) is 19.7. The Labute approximate surface area is 237 Å². The van der Waals surface area contributed by atoms with Gasteiger partial charge in [-0.3, -0.25) is 4.79 Å². The van der Waals surface area contributed by atoms with Gasteiger partial charge >= 0.3 is 0 Å².